The van der Waals surface area contributed by atoms with Crippen LogP contribution < -0.4 is 0 Å². The maximum atomic E-state index is 9.18. The SMILES string of the molecule is Cc1cccc(-n2nc(CO)cc2C(C)C)c1. The summed E-state index contributed by atoms with van der Waals surface area (Å²) >= 11 is 0. The number of hydrogen-bond donors (Lipinski definition) is 1. The largest absolute Gasteiger partial charge is 0.390 e. The lowest BCUT2D eigenvalue weighted by Gasteiger charge is -2.10. The van der Waals surface area contributed by atoms with Crippen molar-refractivity contribution in [3.8, 4) is 5.69 Å². The van der Waals surface area contributed by atoms with Crippen molar-refractivity contribution in [3.63, 3.8) is 0 Å². The summed E-state index contributed by atoms with van der Waals surface area (Å²) < 4.78 is 1.92. The second-order valence-electron chi connectivity index (χ2n) is 4.62. The number of aliphatic hydroxyl groups is 1. The van der Waals surface area contributed by atoms with Gasteiger partial charge in [-0.1, -0.05) is 26.0 Å². The summed E-state index contributed by atoms with van der Waals surface area (Å²) in [4.78, 5) is 0. The van der Waals surface area contributed by atoms with Crippen LogP contribution in [-0.2, 0) is 6.61 Å². The molecule has 0 bridgehead atoms. The van der Waals surface area contributed by atoms with Gasteiger partial charge in [0, 0.05) is 5.69 Å². The Labute approximate surface area is 102 Å². The molecule has 0 saturated heterocycles. The van der Waals surface area contributed by atoms with Crippen molar-refractivity contribution in [2.24, 2.45) is 0 Å². The van der Waals surface area contributed by atoms with E-state index in [2.05, 4.69) is 38.0 Å². The van der Waals surface area contributed by atoms with Gasteiger partial charge >= 0.3 is 0 Å². The minimum atomic E-state index is -0.0153. The third-order valence-electron chi connectivity index (χ3n) is 2.79. The lowest BCUT2D eigenvalue weighted by Crippen LogP contribution is -2.04. The maximum absolute atomic E-state index is 9.18. The molecule has 2 aromatic rings. The van der Waals surface area contributed by atoms with Gasteiger partial charge in [0.2, 0.25) is 0 Å². The van der Waals surface area contributed by atoms with Gasteiger partial charge in [0.15, 0.2) is 0 Å². The van der Waals surface area contributed by atoms with Crippen LogP contribution in [0.15, 0.2) is 30.3 Å². The summed E-state index contributed by atoms with van der Waals surface area (Å²) in [5.41, 5.74) is 4.10. The van der Waals surface area contributed by atoms with E-state index in [4.69, 9.17) is 0 Å². The van der Waals surface area contributed by atoms with Crippen LogP contribution in [0.25, 0.3) is 5.69 Å². The van der Waals surface area contributed by atoms with E-state index < -0.39 is 0 Å². The molecule has 1 aromatic carbocycles. The summed E-state index contributed by atoms with van der Waals surface area (Å²) in [5.74, 6) is 0.378. The molecule has 1 heterocycles. The molecule has 0 spiro atoms. The highest BCUT2D eigenvalue weighted by molar-refractivity contribution is 5.37. The molecule has 0 amide bonds. The summed E-state index contributed by atoms with van der Waals surface area (Å²) in [5, 5.41) is 13.6. The minimum Gasteiger partial charge on any atom is -0.390 e. The molecule has 0 unspecified atom stereocenters. The van der Waals surface area contributed by atoms with Gasteiger partial charge in [-0.2, -0.15) is 5.10 Å². The van der Waals surface area contributed by atoms with Gasteiger partial charge in [-0.3, -0.25) is 0 Å². The van der Waals surface area contributed by atoms with Crippen LogP contribution in [0.1, 0.15) is 36.7 Å². The molecule has 3 heteroatoms. The predicted molar refractivity (Wildman–Crippen MR) is 68.3 cm³/mol. The molecule has 3 nitrogen and oxygen atoms in total. The summed E-state index contributed by atoms with van der Waals surface area (Å²) in [6.07, 6.45) is 0. The fourth-order valence-corrected chi connectivity index (χ4v) is 1.90. The first-order valence-corrected chi connectivity index (χ1v) is 5.88. The molecule has 0 aliphatic rings. The van der Waals surface area contributed by atoms with E-state index in [-0.39, 0.29) is 6.61 Å². The number of rotatable bonds is 3. The second kappa shape index (κ2) is 4.72. The van der Waals surface area contributed by atoms with Crippen LogP contribution in [0.3, 0.4) is 0 Å². The standard InChI is InChI=1S/C14H18N2O/c1-10(2)14-8-12(9-17)15-16(14)13-6-4-5-11(3)7-13/h4-8,10,17H,9H2,1-3H3. The minimum absolute atomic E-state index is 0.0153. The van der Waals surface area contributed by atoms with Crippen LogP contribution in [0.5, 0.6) is 0 Å². The number of benzene rings is 1. The number of aryl methyl sites for hydroxylation is 1. The third-order valence-corrected chi connectivity index (χ3v) is 2.79. The van der Waals surface area contributed by atoms with Crippen LogP contribution in [0.4, 0.5) is 0 Å². The van der Waals surface area contributed by atoms with Crippen molar-refractivity contribution in [2.45, 2.75) is 33.3 Å². The highest BCUT2D eigenvalue weighted by atomic mass is 16.3. The normalized spacial score (nSPS) is 11.1. The van der Waals surface area contributed by atoms with Crippen LogP contribution in [-0.4, -0.2) is 14.9 Å². The van der Waals surface area contributed by atoms with Crippen molar-refractivity contribution in [1.82, 2.24) is 9.78 Å². The zero-order valence-electron chi connectivity index (χ0n) is 10.5. The molecule has 1 aromatic heterocycles. The van der Waals surface area contributed by atoms with Gasteiger partial charge in [0.1, 0.15) is 0 Å². The molecule has 2 rings (SSSR count). The molecule has 0 fully saturated rings. The van der Waals surface area contributed by atoms with Crippen LogP contribution in [0, 0.1) is 6.92 Å². The molecule has 0 aliphatic heterocycles. The second-order valence-corrected chi connectivity index (χ2v) is 4.62. The average Bonchev–Trinajstić information content (AvgIpc) is 2.73. The molecule has 0 saturated carbocycles. The van der Waals surface area contributed by atoms with Crippen LogP contribution in [0.2, 0.25) is 0 Å². The Bertz CT molecular complexity index is 515. The summed E-state index contributed by atoms with van der Waals surface area (Å²) in [7, 11) is 0. The van der Waals surface area contributed by atoms with Crippen molar-refractivity contribution in [1.29, 1.82) is 0 Å². The number of hydrogen-bond acceptors (Lipinski definition) is 2. The molecule has 90 valence electrons. The Morgan fingerprint density at radius 1 is 1.29 bits per heavy atom. The molecule has 17 heavy (non-hydrogen) atoms. The Kier molecular flexibility index (Phi) is 3.29. The van der Waals surface area contributed by atoms with Crippen molar-refractivity contribution >= 4 is 0 Å². The van der Waals surface area contributed by atoms with Gasteiger partial charge in [-0.25, -0.2) is 4.68 Å². The van der Waals surface area contributed by atoms with Crippen molar-refractivity contribution in [2.75, 3.05) is 0 Å². The predicted octanol–water partition coefficient (Wildman–Crippen LogP) is 2.80. The van der Waals surface area contributed by atoms with E-state index >= 15 is 0 Å². The first-order chi connectivity index (χ1) is 8.11. The Balaban J connectivity index is 2.53. The lowest BCUT2D eigenvalue weighted by atomic mass is 10.1. The van der Waals surface area contributed by atoms with Crippen LogP contribution >= 0.6 is 0 Å². The lowest BCUT2D eigenvalue weighted by molar-refractivity contribution is 0.276. The van der Waals surface area contributed by atoms with Crippen molar-refractivity contribution in [3.05, 3.63) is 47.3 Å². The quantitative estimate of drug-likeness (QED) is 0.880. The zero-order chi connectivity index (χ0) is 12.4. The molecular formula is C14H18N2O. The third kappa shape index (κ3) is 2.39. The van der Waals surface area contributed by atoms with E-state index in [1.54, 1.807) is 0 Å². The van der Waals surface area contributed by atoms with E-state index in [9.17, 15) is 5.11 Å². The molecule has 0 radical (unpaired) electrons. The van der Waals surface area contributed by atoms with Gasteiger partial charge < -0.3 is 5.11 Å². The van der Waals surface area contributed by atoms with Gasteiger partial charge in [0.05, 0.1) is 18.0 Å². The van der Waals surface area contributed by atoms with E-state index in [1.807, 2.05) is 22.9 Å². The average molecular weight is 230 g/mol. The first-order valence-electron chi connectivity index (χ1n) is 5.88. The highest BCUT2D eigenvalue weighted by Crippen LogP contribution is 2.20. The smallest absolute Gasteiger partial charge is 0.0886 e. The molecule has 1 N–H and O–H groups in total. The van der Waals surface area contributed by atoms with Gasteiger partial charge in [0.25, 0.3) is 0 Å². The molecule has 0 atom stereocenters. The van der Waals surface area contributed by atoms with Gasteiger partial charge in [-0.15, -0.1) is 0 Å². The topological polar surface area (TPSA) is 38.0 Å². The summed E-state index contributed by atoms with van der Waals surface area (Å²) in [6, 6.07) is 10.2. The molecule has 0 aliphatic carbocycles. The Morgan fingerprint density at radius 2 is 2.06 bits per heavy atom. The Morgan fingerprint density at radius 3 is 2.65 bits per heavy atom. The van der Waals surface area contributed by atoms with Gasteiger partial charge in [-0.05, 0) is 36.6 Å². The fraction of sp³-hybridized carbons (Fsp3) is 0.357. The molecular weight excluding hydrogens is 212 g/mol. The number of aliphatic hydroxyl groups excluding tert-OH is 1. The van der Waals surface area contributed by atoms with E-state index in [1.165, 1.54) is 5.56 Å². The zero-order valence-corrected chi connectivity index (χ0v) is 10.5. The van der Waals surface area contributed by atoms with E-state index in [0.717, 1.165) is 17.1 Å². The summed E-state index contributed by atoms with van der Waals surface area (Å²) in [6.45, 7) is 6.31. The Hall–Kier alpha value is -1.61. The van der Waals surface area contributed by atoms with E-state index in [0.29, 0.717) is 5.92 Å². The highest BCUT2D eigenvalue weighted by Gasteiger charge is 2.12. The number of aromatic nitrogens is 2. The van der Waals surface area contributed by atoms with Crippen molar-refractivity contribution < 1.29 is 5.11 Å². The fourth-order valence-electron chi connectivity index (χ4n) is 1.90. The maximum Gasteiger partial charge on any atom is 0.0886 e. The number of nitrogens with zero attached hydrogens (tertiary/aromatic N) is 2. The monoisotopic (exact) mass is 230 g/mol. The first kappa shape index (κ1) is 11.9.